The third-order valence-corrected chi connectivity index (χ3v) is 2.67. The van der Waals surface area contributed by atoms with Crippen molar-refractivity contribution in [3.8, 4) is 0 Å². The lowest BCUT2D eigenvalue weighted by Crippen LogP contribution is -2.41. The Bertz CT molecular complexity index is 159. The van der Waals surface area contributed by atoms with Gasteiger partial charge in [0.15, 0.2) is 0 Å². The highest BCUT2D eigenvalue weighted by molar-refractivity contribution is 5.78. The molecule has 78 valence electrons. The van der Waals surface area contributed by atoms with Gasteiger partial charge in [-0.15, -0.1) is 0 Å². The maximum atomic E-state index is 11.4. The first kappa shape index (κ1) is 12.4. The van der Waals surface area contributed by atoms with Crippen LogP contribution in [0.2, 0.25) is 0 Å². The second kappa shape index (κ2) is 5.97. The SMILES string of the molecule is CCC(C)C(C)NC(=O)C(C)CN. The van der Waals surface area contributed by atoms with Gasteiger partial charge in [-0.2, -0.15) is 0 Å². The van der Waals surface area contributed by atoms with Crippen LogP contribution in [0.5, 0.6) is 0 Å². The van der Waals surface area contributed by atoms with Gasteiger partial charge in [0.25, 0.3) is 0 Å². The molecule has 3 N–H and O–H groups in total. The van der Waals surface area contributed by atoms with Crippen molar-refractivity contribution in [1.82, 2.24) is 5.32 Å². The van der Waals surface area contributed by atoms with Gasteiger partial charge >= 0.3 is 0 Å². The summed E-state index contributed by atoms with van der Waals surface area (Å²) in [6, 6.07) is 0.242. The lowest BCUT2D eigenvalue weighted by Gasteiger charge is -2.21. The quantitative estimate of drug-likeness (QED) is 0.676. The Balaban J connectivity index is 3.91. The fourth-order valence-electron chi connectivity index (χ4n) is 0.970. The summed E-state index contributed by atoms with van der Waals surface area (Å²) in [6.07, 6.45) is 1.08. The van der Waals surface area contributed by atoms with E-state index >= 15 is 0 Å². The molecule has 0 aliphatic carbocycles. The molecule has 0 aromatic rings. The normalized spacial score (nSPS) is 17.6. The lowest BCUT2D eigenvalue weighted by atomic mass is 10.00. The molecule has 0 rings (SSSR count). The second-order valence-electron chi connectivity index (χ2n) is 3.82. The molecule has 3 unspecified atom stereocenters. The highest BCUT2D eigenvalue weighted by Crippen LogP contribution is 2.07. The molecule has 13 heavy (non-hydrogen) atoms. The average molecular weight is 186 g/mol. The highest BCUT2D eigenvalue weighted by Gasteiger charge is 2.16. The van der Waals surface area contributed by atoms with Gasteiger partial charge in [-0.1, -0.05) is 27.2 Å². The van der Waals surface area contributed by atoms with E-state index in [0.717, 1.165) is 6.42 Å². The number of rotatable bonds is 5. The van der Waals surface area contributed by atoms with Crippen LogP contribution in [0, 0.1) is 11.8 Å². The number of carbonyl (C=O) groups excluding carboxylic acids is 1. The molecule has 0 saturated carbocycles. The van der Waals surface area contributed by atoms with Gasteiger partial charge in [0.05, 0.1) is 0 Å². The molecule has 0 spiro atoms. The summed E-state index contributed by atoms with van der Waals surface area (Å²) < 4.78 is 0. The molecular weight excluding hydrogens is 164 g/mol. The number of nitrogens with two attached hydrogens (primary N) is 1. The smallest absolute Gasteiger partial charge is 0.224 e. The van der Waals surface area contributed by atoms with E-state index in [1.165, 1.54) is 0 Å². The molecule has 0 bridgehead atoms. The zero-order valence-corrected chi connectivity index (χ0v) is 9.13. The van der Waals surface area contributed by atoms with E-state index in [0.29, 0.717) is 12.5 Å². The number of hydrogen-bond acceptors (Lipinski definition) is 2. The van der Waals surface area contributed by atoms with Crippen LogP contribution in [-0.4, -0.2) is 18.5 Å². The van der Waals surface area contributed by atoms with Gasteiger partial charge in [0, 0.05) is 18.5 Å². The van der Waals surface area contributed by atoms with Crippen LogP contribution < -0.4 is 11.1 Å². The summed E-state index contributed by atoms with van der Waals surface area (Å²) in [5.74, 6) is 0.510. The first-order valence-corrected chi connectivity index (χ1v) is 5.03. The third-order valence-electron chi connectivity index (χ3n) is 2.67. The predicted octanol–water partition coefficient (Wildman–Crippen LogP) is 1.13. The molecule has 0 saturated heterocycles. The maximum absolute atomic E-state index is 11.4. The number of amides is 1. The fourth-order valence-corrected chi connectivity index (χ4v) is 0.970. The minimum Gasteiger partial charge on any atom is -0.353 e. The first-order chi connectivity index (χ1) is 6.02. The lowest BCUT2D eigenvalue weighted by molar-refractivity contribution is -0.125. The van der Waals surface area contributed by atoms with Gasteiger partial charge in [-0.3, -0.25) is 4.79 Å². The van der Waals surface area contributed by atoms with Crippen molar-refractivity contribution in [2.75, 3.05) is 6.54 Å². The molecule has 3 atom stereocenters. The van der Waals surface area contributed by atoms with Gasteiger partial charge < -0.3 is 11.1 Å². The molecule has 1 amide bonds. The molecule has 0 aliphatic rings. The zero-order chi connectivity index (χ0) is 10.4. The Labute approximate surface area is 81.1 Å². The number of carbonyl (C=O) groups is 1. The van der Waals surface area contributed by atoms with E-state index in [4.69, 9.17) is 5.73 Å². The zero-order valence-electron chi connectivity index (χ0n) is 9.13. The fraction of sp³-hybridized carbons (Fsp3) is 0.900. The van der Waals surface area contributed by atoms with Crippen molar-refractivity contribution >= 4 is 5.91 Å². The average Bonchev–Trinajstić information content (AvgIpc) is 2.14. The Morgan fingerprint density at radius 3 is 2.31 bits per heavy atom. The van der Waals surface area contributed by atoms with Gasteiger partial charge in [-0.05, 0) is 12.8 Å². The van der Waals surface area contributed by atoms with Crippen molar-refractivity contribution in [2.24, 2.45) is 17.6 Å². The van der Waals surface area contributed by atoms with Crippen molar-refractivity contribution in [3.05, 3.63) is 0 Å². The summed E-state index contributed by atoms with van der Waals surface area (Å²) in [5, 5.41) is 2.96. The number of hydrogen-bond donors (Lipinski definition) is 2. The Kier molecular flexibility index (Phi) is 5.71. The predicted molar refractivity (Wildman–Crippen MR) is 55.3 cm³/mol. The summed E-state index contributed by atoms with van der Waals surface area (Å²) in [4.78, 5) is 11.4. The Morgan fingerprint density at radius 1 is 1.38 bits per heavy atom. The monoisotopic (exact) mass is 186 g/mol. The molecule has 0 aliphatic heterocycles. The van der Waals surface area contributed by atoms with Crippen LogP contribution in [-0.2, 0) is 4.79 Å². The highest BCUT2D eigenvalue weighted by atomic mass is 16.1. The second-order valence-corrected chi connectivity index (χ2v) is 3.82. The van der Waals surface area contributed by atoms with E-state index in [2.05, 4.69) is 19.2 Å². The Morgan fingerprint density at radius 2 is 1.92 bits per heavy atom. The molecule has 0 heterocycles. The van der Waals surface area contributed by atoms with E-state index in [-0.39, 0.29) is 17.9 Å². The molecule has 0 radical (unpaired) electrons. The van der Waals surface area contributed by atoms with Gasteiger partial charge in [-0.25, -0.2) is 0 Å². The standard InChI is InChI=1S/C10H22N2O/c1-5-7(2)9(4)12-10(13)8(3)6-11/h7-9H,5-6,11H2,1-4H3,(H,12,13). The molecule has 3 nitrogen and oxygen atoms in total. The molecule has 0 fully saturated rings. The van der Waals surface area contributed by atoms with Crippen molar-refractivity contribution in [3.63, 3.8) is 0 Å². The Hall–Kier alpha value is -0.570. The van der Waals surface area contributed by atoms with Crippen molar-refractivity contribution in [2.45, 2.75) is 40.2 Å². The van der Waals surface area contributed by atoms with Crippen LogP contribution in [0.25, 0.3) is 0 Å². The van der Waals surface area contributed by atoms with Crippen LogP contribution in [0.4, 0.5) is 0 Å². The summed E-state index contributed by atoms with van der Waals surface area (Å²) in [5.41, 5.74) is 5.40. The largest absolute Gasteiger partial charge is 0.353 e. The van der Waals surface area contributed by atoms with E-state index in [1.807, 2.05) is 13.8 Å². The van der Waals surface area contributed by atoms with Gasteiger partial charge in [0.1, 0.15) is 0 Å². The van der Waals surface area contributed by atoms with E-state index in [9.17, 15) is 4.79 Å². The first-order valence-electron chi connectivity index (χ1n) is 5.03. The van der Waals surface area contributed by atoms with Crippen LogP contribution in [0.1, 0.15) is 34.1 Å². The minimum atomic E-state index is -0.0773. The van der Waals surface area contributed by atoms with Crippen LogP contribution >= 0.6 is 0 Å². The summed E-state index contributed by atoms with van der Waals surface area (Å²) >= 11 is 0. The molecule has 0 aromatic carbocycles. The minimum absolute atomic E-state index is 0.0651. The topological polar surface area (TPSA) is 55.1 Å². The summed E-state index contributed by atoms with van der Waals surface area (Å²) in [6.45, 7) is 8.56. The van der Waals surface area contributed by atoms with Gasteiger partial charge in [0.2, 0.25) is 5.91 Å². The van der Waals surface area contributed by atoms with E-state index < -0.39 is 0 Å². The van der Waals surface area contributed by atoms with Crippen LogP contribution in [0.3, 0.4) is 0 Å². The molecule has 3 heteroatoms. The van der Waals surface area contributed by atoms with E-state index in [1.54, 1.807) is 0 Å². The van der Waals surface area contributed by atoms with Crippen molar-refractivity contribution < 1.29 is 4.79 Å². The third kappa shape index (κ3) is 4.27. The number of nitrogens with one attached hydrogen (secondary N) is 1. The summed E-state index contributed by atoms with van der Waals surface area (Å²) in [7, 11) is 0. The molecule has 0 aromatic heterocycles. The van der Waals surface area contributed by atoms with Crippen LogP contribution in [0.15, 0.2) is 0 Å². The molecular formula is C10H22N2O. The maximum Gasteiger partial charge on any atom is 0.224 e. The van der Waals surface area contributed by atoms with Crippen molar-refractivity contribution in [1.29, 1.82) is 0 Å².